The molecule has 1 unspecified atom stereocenters. The SMILES string of the molecule is CCNC(=NCCCNS(=O)(=O)CC)N(C)CCC(NC(=O)OC(C)(C)C)C(C)C. The molecule has 0 rings (SSSR count). The first kappa shape index (κ1) is 28.5. The molecule has 0 aliphatic carbocycles. The predicted octanol–water partition coefficient (Wildman–Crippen LogP) is 2.15. The summed E-state index contributed by atoms with van der Waals surface area (Å²) in [7, 11) is -1.21. The Morgan fingerprint density at radius 2 is 1.83 bits per heavy atom. The van der Waals surface area contributed by atoms with Crippen LogP contribution in [0.2, 0.25) is 0 Å². The van der Waals surface area contributed by atoms with E-state index >= 15 is 0 Å². The van der Waals surface area contributed by atoms with Crippen molar-refractivity contribution in [2.24, 2.45) is 10.9 Å². The van der Waals surface area contributed by atoms with Crippen LogP contribution < -0.4 is 15.4 Å². The topological polar surface area (TPSA) is 112 Å². The lowest BCUT2D eigenvalue weighted by Gasteiger charge is -2.28. The highest BCUT2D eigenvalue weighted by Crippen LogP contribution is 2.11. The third-order valence-electron chi connectivity index (χ3n) is 4.28. The lowest BCUT2D eigenvalue weighted by Crippen LogP contribution is -2.45. The molecule has 9 nitrogen and oxygen atoms in total. The molecule has 0 saturated carbocycles. The van der Waals surface area contributed by atoms with Crippen LogP contribution in [-0.2, 0) is 14.8 Å². The Morgan fingerprint density at radius 3 is 2.33 bits per heavy atom. The fourth-order valence-electron chi connectivity index (χ4n) is 2.53. The Hall–Kier alpha value is -1.55. The lowest BCUT2D eigenvalue weighted by molar-refractivity contribution is 0.0485. The summed E-state index contributed by atoms with van der Waals surface area (Å²) in [6.07, 6.45) is 0.962. The van der Waals surface area contributed by atoms with Crippen LogP contribution in [-0.4, -0.2) is 76.0 Å². The maximum atomic E-state index is 12.1. The van der Waals surface area contributed by atoms with Gasteiger partial charge in [0.2, 0.25) is 10.0 Å². The number of nitrogens with one attached hydrogen (secondary N) is 3. The molecule has 178 valence electrons. The number of rotatable bonds is 12. The van der Waals surface area contributed by atoms with Crippen molar-refractivity contribution in [3.05, 3.63) is 0 Å². The van der Waals surface area contributed by atoms with Crippen LogP contribution in [0.15, 0.2) is 4.99 Å². The van der Waals surface area contributed by atoms with Crippen molar-refractivity contribution in [2.45, 2.75) is 73.0 Å². The fourth-order valence-corrected chi connectivity index (χ4v) is 3.19. The summed E-state index contributed by atoms with van der Waals surface area (Å²) in [5.41, 5.74) is -0.529. The molecule has 0 aliphatic rings. The number of hydrogen-bond donors (Lipinski definition) is 3. The van der Waals surface area contributed by atoms with E-state index in [0.717, 1.165) is 18.9 Å². The molecule has 10 heteroatoms. The van der Waals surface area contributed by atoms with E-state index in [1.807, 2.05) is 39.6 Å². The zero-order chi connectivity index (χ0) is 23.4. The first-order valence-electron chi connectivity index (χ1n) is 10.8. The highest BCUT2D eigenvalue weighted by molar-refractivity contribution is 7.89. The second-order valence-corrected chi connectivity index (χ2v) is 10.7. The summed E-state index contributed by atoms with van der Waals surface area (Å²) in [6, 6.07) is -0.0198. The predicted molar refractivity (Wildman–Crippen MR) is 123 cm³/mol. The van der Waals surface area contributed by atoms with Gasteiger partial charge in [-0.15, -0.1) is 0 Å². The Balaban J connectivity index is 4.71. The number of ether oxygens (including phenoxy) is 1. The Kier molecular flexibility index (Phi) is 13.0. The average Bonchev–Trinajstić information content (AvgIpc) is 2.61. The van der Waals surface area contributed by atoms with E-state index in [2.05, 4.69) is 34.2 Å². The molecule has 0 aliphatic heterocycles. The average molecular weight is 450 g/mol. The summed E-state index contributed by atoms with van der Waals surface area (Å²) in [5, 5.41) is 6.22. The van der Waals surface area contributed by atoms with Gasteiger partial charge in [-0.1, -0.05) is 13.8 Å². The van der Waals surface area contributed by atoms with E-state index in [9.17, 15) is 13.2 Å². The summed E-state index contributed by atoms with van der Waals surface area (Å²) < 4.78 is 30.8. The van der Waals surface area contributed by atoms with Gasteiger partial charge in [0.05, 0.1) is 5.75 Å². The number of carbonyl (C=O) groups excluding carboxylic acids is 1. The van der Waals surface area contributed by atoms with E-state index in [1.54, 1.807) is 6.92 Å². The van der Waals surface area contributed by atoms with Crippen molar-refractivity contribution in [1.82, 2.24) is 20.3 Å². The van der Waals surface area contributed by atoms with E-state index in [-0.39, 0.29) is 17.7 Å². The number of alkyl carbamates (subject to hydrolysis) is 1. The van der Waals surface area contributed by atoms with E-state index < -0.39 is 21.7 Å². The van der Waals surface area contributed by atoms with Crippen molar-refractivity contribution in [3.63, 3.8) is 0 Å². The lowest BCUT2D eigenvalue weighted by atomic mass is 10.0. The Labute approximate surface area is 183 Å². The number of guanidine groups is 1. The number of sulfonamides is 1. The molecular formula is C20H43N5O4S. The van der Waals surface area contributed by atoms with Gasteiger partial charge in [0, 0.05) is 39.3 Å². The smallest absolute Gasteiger partial charge is 0.407 e. The largest absolute Gasteiger partial charge is 0.444 e. The van der Waals surface area contributed by atoms with Gasteiger partial charge in [-0.3, -0.25) is 4.99 Å². The second-order valence-electron chi connectivity index (χ2n) is 8.59. The monoisotopic (exact) mass is 449 g/mol. The summed E-state index contributed by atoms with van der Waals surface area (Å²) >= 11 is 0. The van der Waals surface area contributed by atoms with Crippen LogP contribution in [0.3, 0.4) is 0 Å². The molecule has 0 aromatic heterocycles. The van der Waals surface area contributed by atoms with E-state index in [1.165, 1.54) is 0 Å². The van der Waals surface area contributed by atoms with Gasteiger partial charge >= 0.3 is 6.09 Å². The van der Waals surface area contributed by atoms with Gasteiger partial charge in [0.25, 0.3) is 0 Å². The zero-order valence-electron chi connectivity index (χ0n) is 20.0. The van der Waals surface area contributed by atoms with Crippen LogP contribution in [0.5, 0.6) is 0 Å². The first-order chi connectivity index (χ1) is 13.8. The third kappa shape index (κ3) is 13.6. The maximum absolute atomic E-state index is 12.1. The minimum absolute atomic E-state index is 0.0198. The van der Waals surface area contributed by atoms with E-state index in [0.29, 0.717) is 26.1 Å². The highest BCUT2D eigenvalue weighted by Gasteiger charge is 2.22. The molecule has 0 saturated heterocycles. The number of aliphatic imine (C=N–C) groups is 1. The zero-order valence-corrected chi connectivity index (χ0v) is 20.9. The van der Waals surface area contributed by atoms with Gasteiger partial charge in [0.15, 0.2) is 5.96 Å². The maximum Gasteiger partial charge on any atom is 0.407 e. The van der Waals surface area contributed by atoms with Crippen LogP contribution >= 0.6 is 0 Å². The quantitative estimate of drug-likeness (QED) is 0.239. The molecule has 3 N–H and O–H groups in total. The standard InChI is InChI=1S/C20H43N5O4S/c1-9-21-18(22-13-11-14-23-30(27,28)10-2)25(8)15-12-17(16(3)4)24-19(26)29-20(5,6)7/h16-17,23H,9-15H2,1-8H3,(H,21,22)(H,24,26). The van der Waals surface area contributed by atoms with Gasteiger partial charge in [0.1, 0.15) is 5.60 Å². The molecule has 0 bridgehead atoms. The summed E-state index contributed by atoms with van der Waals surface area (Å²) in [4.78, 5) is 18.7. The Morgan fingerprint density at radius 1 is 1.20 bits per heavy atom. The van der Waals surface area contributed by atoms with E-state index in [4.69, 9.17) is 4.74 Å². The van der Waals surface area contributed by atoms with Crippen molar-refractivity contribution >= 4 is 22.1 Å². The normalized spacial score (nSPS) is 13.8. The fraction of sp³-hybridized carbons (Fsp3) is 0.900. The molecule has 30 heavy (non-hydrogen) atoms. The van der Waals surface area contributed by atoms with Crippen molar-refractivity contribution < 1.29 is 17.9 Å². The van der Waals surface area contributed by atoms with Gasteiger partial charge in [-0.2, -0.15) is 0 Å². The summed E-state index contributed by atoms with van der Waals surface area (Å²) in [5.74, 6) is 1.10. The third-order valence-corrected chi connectivity index (χ3v) is 5.68. The molecule has 0 spiro atoms. The number of nitrogens with zero attached hydrogens (tertiary/aromatic N) is 2. The first-order valence-corrected chi connectivity index (χ1v) is 12.4. The van der Waals surface area contributed by atoms with Crippen molar-refractivity contribution in [3.8, 4) is 0 Å². The van der Waals surface area contributed by atoms with Gasteiger partial charge in [-0.25, -0.2) is 17.9 Å². The summed E-state index contributed by atoms with van der Waals surface area (Å²) in [6.45, 7) is 15.6. The van der Waals surface area contributed by atoms with Gasteiger partial charge < -0.3 is 20.3 Å². The van der Waals surface area contributed by atoms with Crippen molar-refractivity contribution in [1.29, 1.82) is 0 Å². The van der Waals surface area contributed by atoms with Crippen LogP contribution in [0.1, 0.15) is 61.3 Å². The molecule has 0 aromatic rings. The van der Waals surface area contributed by atoms with Gasteiger partial charge in [-0.05, 0) is 53.4 Å². The Bertz CT molecular complexity index is 630. The molecule has 0 heterocycles. The molecule has 0 fully saturated rings. The minimum Gasteiger partial charge on any atom is -0.444 e. The number of hydrogen-bond acceptors (Lipinski definition) is 5. The van der Waals surface area contributed by atoms with Crippen LogP contribution in [0.4, 0.5) is 4.79 Å². The molecule has 0 radical (unpaired) electrons. The van der Waals surface area contributed by atoms with Crippen molar-refractivity contribution in [2.75, 3.05) is 39.0 Å². The number of carbonyl (C=O) groups is 1. The minimum atomic E-state index is -3.16. The molecular weight excluding hydrogens is 406 g/mol. The van der Waals surface area contributed by atoms with Crippen LogP contribution in [0.25, 0.3) is 0 Å². The molecule has 1 atom stereocenters. The highest BCUT2D eigenvalue weighted by atomic mass is 32.2. The van der Waals surface area contributed by atoms with Crippen LogP contribution in [0, 0.1) is 5.92 Å². The number of amides is 1. The second kappa shape index (κ2) is 13.7. The molecule has 0 aromatic carbocycles. The molecule has 1 amide bonds.